The van der Waals surface area contributed by atoms with Crippen LogP contribution in [0.15, 0.2) is 32.7 Å². The number of hydrogen-bond donors (Lipinski definition) is 2. The van der Waals surface area contributed by atoms with Gasteiger partial charge < -0.3 is 5.11 Å². The molecular formula is C13H15N3O6S. The third-order valence-electron chi connectivity index (χ3n) is 3.45. The third-order valence-corrected chi connectivity index (χ3v) is 4.99. The summed E-state index contributed by atoms with van der Waals surface area (Å²) in [5, 5.41) is 8.84. The van der Waals surface area contributed by atoms with Crippen LogP contribution in [0, 0.1) is 0 Å². The van der Waals surface area contributed by atoms with Crippen LogP contribution in [0.4, 0.5) is 0 Å². The summed E-state index contributed by atoms with van der Waals surface area (Å²) in [6, 6.07) is 2.34. The summed E-state index contributed by atoms with van der Waals surface area (Å²) >= 11 is 0. The average Bonchev–Trinajstić information content (AvgIpc) is 2.49. The lowest BCUT2D eigenvalue weighted by Gasteiger charge is -2.12. The molecule has 0 saturated carbocycles. The van der Waals surface area contributed by atoms with E-state index < -0.39 is 33.3 Å². The SMILES string of the molecule is C[C@@H](NS(=O)(=O)c1ccc2c(c1)c(=O)n(C)c(=O)n2C)C(=O)O. The lowest BCUT2D eigenvalue weighted by molar-refractivity contribution is -0.138. The van der Waals surface area contributed by atoms with Gasteiger partial charge in [-0.05, 0) is 25.1 Å². The van der Waals surface area contributed by atoms with Crippen molar-refractivity contribution in [3.63, 3.8) is 0 Å². The second kappa shape index (κ2) is 5.63. The second-order valence-electron chi connectivity index (χ2n) is 5.07. The summed E-state index contributed by atoms with van der Waals surface area (Å²) in [5.41, 5.74) is -0.884. The third kappa shape index (κ3) is 2.90. The van der Waals surface area contributed by atoms with Gasteiger partial charge >= 0.3 is 11.7 Å². The molecule has 0 spiro atoms. The molecule has 10 heteroatoms. The van der Waals surface area contributed by atoms with Crippen LogP contribution < -0.4 is 16.0 Å². The Morgan fingerprint density at radius 1 is 1.22 bits per heavy atom. The number of carboxylic acids is 1. The van der Waals surface area contributed by atoms with Crippen molar-refractivity contribution in [3.8, 4) is 0 Å². The van der Waals surface area contributed by atoms with Crippen LogP contribution in [0.25, 0.3) is 10.9 Å². The fourth-order valence-corrected chi connectivity index (χ4v) is 3.32. The Kier molecular flexibility index (Phi) is 4.14. The molecule has 1 aromatic heterocycles. The van der Waals surface area contributed by atoms with E-state index in [0.29, 0.717) is 0 Å². The van der Waals surface area contributed by atoms with Crippen molar-refractivity contribution in [2.75, 3.05) is 0 Å². The van der Waals surface area contributed by atoms with Gasteiger partial charge in [0.25, 0.3) is 5.56 Å². The zero-order chi connectivity index (χ0) is 17.5. The molecule has 0 aliphatic rings. The van der Waals surface area contributed by atoms with E-state index >= 15 is 0 Å². The Morgan fingerprint density at radius 2 is 1.83 bits per heavy atom. The molecule has 2 N–H and O–H groups in total. The van der Waals surface area contributed by atoms with Crippen LogP contribution >= 0.6 is 0 Å². The molecule has 9 nitrogen and oxygen atoms in total. The van der Waals surface area contributed by atoms with E-state index in [4.69, 9.17) is 5.11 Å². The average molecular weight is 341 g/mol. The summed E-state index contributed by atoms with van der Waals surface area (Å²) in [4.78, 5) is 34.5. The Morgan fingerprint density at radius 3 is 2.39 bits per heavy atom. The number of sulfonamides is 1. The van der Waals surface area contributed by atoms with Crippen molar-refractivity contribution in [1.29, 1.82) is 0 Å². The predicted molar refractivity (Wildman–Crippen MR) is 81.8 cm³/mol. The van der Waals surface area contributed by atoms with Crippen molar-refractivity contribution in [3.05, 3.63) is 39.0 Å². The number of aryl methyl sites for hydroxylation is 1. The van der Waals surface area contributed by atoms with E-state index in [9.17, 15) is 22.8 Å². The minimum absolute atomic E-state index is 0.0421. The Balaban J connectivity index is 2.68. The van der Waals surface area contributed by atoms with Gasteiger partial charge in [0.2, 0.25) is 10.0 Å². The molecule has 0 aliphatic heterocycles. The first-order chi connectivity index (χ1) is 10.6. The molecule has 1 heterocycles. The fraction of sp³-hybridized carbons (Fsp3) is 0.308. The molecule has 0 unspecified atom stereocenters. The standard InChI is InChI=1S/C13H15N3O6S/c1-7(12(18)19)14-23(21,22)8-4-5-10-9(6-8)11(17)16(3)13(20)15(10)2/h4-7,14H,1-3H3,(H,18,19)/t7-/m1/s1. The molecule has 0 aliphatic carbocycles. The molecule has 0 amide bonds. The Bertz CT molecular complexity index is 1020. The van der Waals surface area contributed by atoms with Crippen molar-refractivity contribution >= 4 is 26.9 Å². The van der Waals surface area contributed by atoms with Crippen LogP contribution in [-0.4, -0.2) is 34.7 Å². The van der Waals surface area contributed by atoms with E-state index in [1.54, 1.807) is 0 Å². The topological polar surface area (TPSA) is 127 Å². The first-order valence-corrected chi connectivity index (χ1v) is 7.99. The summed E-state index contributed by atoms with van der Waals surface area (Å²) in [6.07, 6.45) is 0. The monoisotopic (exact) mass is 341 g/mol. The lowest BCUT2D eigenvalue weighted by atomic mass is 10.2. The molecule has 0 bridgehead atoms. The zero-order valence-corrected chi connectivity index (χ0v) is 13.4. The summed E-state index contributed by atoms with van der Waals surface area (Å²) in [5.74, 6) is -1.33. The van der Waals surface area contributed by atoms with Crippen molar-refractivity contribution in [1.82, 2.24) is 13.9 Å². The molecular weight excluding hydrogens is 326 g/mol. The van der Waals surface area contributed by atoms with Gasteiger partial charge in [-0.15, -0.1) is 0 Å². The van der Waals surface area contributed by atoms with Gasteiger partial charge in [0, 0.05) is 14.1 Å². The maximum Gasteiger partial charge on any atom is 0.330 e. The lowest BCUT2D eigenvalue weighted by Crippen LogP contribution is -2.39. The highest BCUT2D eigenvalue weighted by molar-refractivity contribution is 7.89. The second-order valence-corrected chi connectivity index (χ2v) is 6.78. The minimum Gasteiger partial charge on any atom is -0.480 e. The van der Waals surface area contributed by atoms with Gasteiger partial charge in [0.15, 0.2) is 0 Å². The summed E-state index contributed by atoms with van der Waals surface area (Å²) in [6.45, 7) is 1.18. The van der Waals surface area contributed by atoms with Gasteiger partial charge in [0.05, 0.1) is 15.8 Å². The molecule has 2 aromatic rings. The number of carboxylic acid groups (broad SMARTS) is 1. The molecule has 0 saturated heterocycles. The number of aromatic nitrogens is 2. The number of rotatable bonds is 4. The molecule has 1 aromatic carbocycles. The Hall–Kier alpha value is -2.46. The quantitative estimate of drug-likeness (QED) is 0.733. The smallest absolute Gasteiger partial charge is 0.330 e. The van der Waals surface area contributed by atoms with Crippen molar-refractivity contribution < 1.29 is 18.3 Å². The maximum atomic E-state index is 12.2. The number of nitrogens with zero attached hydrogens (tertiary/aromatic N) is 2. The van der Waals surface area contributed by atoms with Crippen LogP contribution in [0.2, 0.25) is 0 Å². The molecule has 23 heavy (non-hydrogen) atoms. The number of carbonyl (C=O) groups is 1. The normalized spacial score (nSPS) is 13.2. The highest BCUT2D eigenvalue weighted by atomic mass is 32.2. The zero-order valence-electron chi connectivity index (χ0n) is 12.6. The highest BCUT2D eigenvalue weighted by Gasteiger charge is 2.22. The van der Waals surface area contributed by atoms with Gasteiger partial charge in [-0.2, -0.15) is 4.72 Å². The summed E-state index contributed by atoms with van der Waals surface area (Å²) < 4.78 is 28.5. The largest absolute Gasteiger partial charge is 0.480 e. The Labute approximate surface area is 130 Å². The fourth-order valence-electron chi connectivity index (χ4n) is 2.09. The van der Waals surface area contributed by atoms with Gasteiger partial charge in [-0.25, -0.2) is 13.2 Å². The summed E-state index contributed by atoms with van der Waals surface area (Å²) in [7, 11) is -1.37. The van der Waals surface area contributed by atoms with Gasteiger partial charge in [-0.1, -0.05) is 0 Å². The molecule has 0 radical (unpaired) electrons. The number of aliphatic carboxylic acids is 1. The van der Waals surface area contributed by atoms with Crippen LogP contribution in [-0.2, 0) is 28.9 Å². The van der Waals surface area contributed by atoms with Crippen molar-refractivity contribution in [2.45, 2.75) is 17.9 Å². The minimum atomic E-state index is -4.11. The first kappa shape index (κ1) is 16.9. The van der Waals surface area contributed by atoms with E-state index in [2.05, 4.69) is 0 Å². The number of hydrogen-bond acceptors (Lipinski definition) is 5. The number of benzene rings is 1. The predicted octanol–water partition coefficient (Wildman–Crippen LogP) is -1.01. The molecule has 1 atom stereocenters. The van der Waals surface area contributed by atoms with E-state index in [-0.39, 0.29) is 15.8 Å². The van der Waals surface area contributed by atoms with Crippen LogP contribution in [0.1, 0.15) is 6.92 Å². The molecule has 0 fully saturated rings. The van der Waals surface area contributed by atoms with Gasteiger partial charge in [0.1, 0.15) is 6.04 Å². The van der Waals surface area contributed by atoms with E-state index in [1.807, 2.05) is 4.72 Å². The van der Waals surface area contributed by atoms with E-state index in [1.165, 1.54) is 37.7 Å². The molecule has 124 valence electrons. The van der Waals surface area contributed by atoms with Crippen LogP contribution in [0.3, 0.4) is 0 Å². The van der Waals surface area contributed by atoms with Gasteiger partial charge in [-0.3, -0.25) is 18.7 Å². The number of fused-ring (bicyclic) bond motifs is 1. The van der Waals surface area contributed by atoms with Crippen LogP contribution in [0.5, 0.6) is 0 Å². The highest BCUT2D eigenvalue weighted by Crippen LogP contribution is 2.15. The molecule has 2 rings (SSSR count). The van der Waals surface area contributed by atoms with E-state index in [0.717, 1.165) is 10.6 Å². The first-order valence-electron chi connectivity index (χ1n) is 6.51. The van der Waals surface area contributed by atoms with Crippen molar-refractivity contribution in [2.24, 2.45) is 14.1 Å². The maximum absolute atomic E-state index is 12.2. The number of nitrogens with one attached hydrogen (secondary N) is 1.